The number of carbonyl (C=O) groups excluding carboxylic acids is 2. The first kappa shape index (κ1) is 19.9. The van der Waals surface area contributed by atoms with Gasteiger partial charge in [-0.05, 0) is 44.7 Å². The molecule has 1 saturated heterocycles. The molecule has 0 unspecified atom stereocenters. The van der Waals surface area contributed by atoms with E-state index in [1.807, 2.05) is 48.7 Å². The number of benzene rings is 1. The van der Waals surface area contributed by atoms with Crippen molar-refractivity contribution in [2.45, 2.75) is 44.6 Å². The molecule has 6 nitrogen and oxygen atoms in total. The Morgan fingerprint density at radius 2 is 1.86 bits per heavy atom. The second-order valence-corrected chi connectivity index (χ2v) is 10.4. The van der Waals surface area contributed by atoms with E-state index < -0.39 is 15.3 Å². The first-order chi connectivity index (χ1) is 13.7. The molecule has 4 rings (SSSR count). The maximum atomic E-state index is 12.8. The normalized spacial score (nSPS) is 21.7. The van der Waals surface area contributed by atoms with Crippen molar-refractivity contribution in [3.8, 4) is 0 Å². The van der Waals surface area contributed by atoms with Crippen LogP contribution in [0.3, 0.4) is 0 Å². The van der Waals surface area contributed by atoms with Crippen LogP contribution in [0, 0.1) is 13.8 Å². The number of hydrogen-bond donors (Lipinski definition) is 0. The minimum atomic E-state index is -3.02. The fourth-order valence-electron chi connectivity index (χ4n) is 4.44. The van der Waals surface area contributed by atoms with Crippen molar-refractivity contribution < 1.29 is 22.7 Å². The molecule has 0 amide bonds. The molecular formula is C22H25NO5S. The van der Waals surface area contributed by atoms with E-state index in [0.29, 0.717) is 12.0 Å². The smallest absolute Gasteiger partial charge is 0.317 e. The van der Waals surface area contributed by atoms with Gasteiger partial charge >= 0.3 is 5.97 Å². The predicted octanol–water partition coefficient (Wildman–Crippen LogP) is 2.92. The lowest BCUT2D eigenvalue weighted by atomic mass is 9.96. The standard InChI is InChI=1S/C22H25NO5S/c1-15-12-19(16(2)23(15)18-8-11-29(26,27)14-18)20(24)13-28-21(25)22(9-10-22)17-6-4-3-5-7-17/h3-7,12,18H,8-11,13-14H2,1-2H3/t18-/m1/s1. The van der Waals surface area contributed by atoms with E-state index in [1.165, 1.54) is 0 Å². The van der Waals surface area contributed by atoms with Gasteiger partial charge in [0.05, 0.1) is 16.9 Å². The van der Waals surface area contributed by atoms with E-state index in [1.54, 1.807) is 6.07 Å². The highest BCUT2D eigenvalue weighted by molar-refractivity contribution is 7.91. The number of ether oxygens (including phenoxy) is 1. The van der Waals surface area contributed by atoms with Crippen LogP contribution in [0.15, 0.2) is 36.4 Å². The van der Waals surface area contributed by atoms with Crippen LogP contribution in [-0.4, -0.2) is 42.9 Å². The van der Waals surface area contributed by atoms with Crippen molar-refractivity contribution in [2.75, 3.05) is 18.1 Å². The highest BCUT2D eigenvalue weighted by Crippen LogP contribution is 2.49. The SMILES string of the molecule is Cc1cc(C(=O)COC(=O)C2(c3ccccc3)CC2)c(C)n1[C@@H]1CCS(=O)(=O)C1. The Morgan fingerprint density at radius 1 is 1.17 bits per heavy atom. The van der Waals surface area contributed by atoms with Crippen LogP contribution in [0.1, 0.15) is 52.6 Å². The minimum Gasteiger partial charge on any atom is -0.457 e. The maximum absolute atomic E-state index is 12.8. The van der Waals surface area contributed by atoms with Crippen molar-refractivity contribution in [3.05, 3.63) is 58.9 Å². The lowest BCUT2D eigenvalue weighted by Gasteiger charge is -2.16. The Kier molecular flexibility index (Phi) is 4.89. The zero-order chi connectivity index (χ0) is 20.8. The summed E-state index contributed by atoms with van der Waals surface area (Å²) >= 11 is 0. The average Bonchev–Trinajstić information content (AvgIpc) is 3.36. The van der Waals surface area contributed by atoms with Crippen LogP contribution >= 0.6 is 0 Å². The number of ketones is 1. The molecule has 0 bridgehead atoms. The number of esters is 1. The summed E-state index contributed by atoms with van der Waals surface area (Å²) in [6.07, 6.45) is 2.02. The Morgan fingerprint density at radius 3 is 2.45 bits per heavy atom. The van der Waals surface area contributed by atoms with Crippen molar-refractivity contribution in [2.24, 2.45) is 0 Å². The van der Waals surface area contributed by atoms with Gasteiger partial charge in [-0.25, -0.2) is 8.42 Å². The van der Waals surface area contributed by atoms with E-state index in [4.69, 9.17) is 4.74 Å². The van der Waals surface area contributed by atoms with Gasteiger partial charge in [0.25, 0.3) is 0 Å². The van der Waals surface area contributed by atoms with Gasteiger partial charge in [-0.15, -0.1) is 0 Å². The number of Topliss-reactive ketones (excluding diaryl/α,β-unsaturated/α-hetero) is 1. The lowest BCUT2D eigenvalue weighted by molar-refractivity contribution is -0.145. The first-order valence-electron chi connectivity index (χ1n) is 9.88. The molecule has 1 aliphatic carbocycles. The molecular weight excluding hydrogens is 390 g/mol. The van der Waals surface area contributed by atoms with Crippen LogP contribution in [0.5, 0.6) is 0 Å². The highest BCUT2D eigenvalue weighted by Gasteiger charge is 2.52. The van der Waals surface area contributed by atoms with Crippen LogP contribution in [0.2, 0.25) is 0 Å². The molecule has 0 N–H and O–H groups in total. The quantitative estimate of drug-likeness (QED) is 0.535. The van der Waals surface area contributed by atoms with E-state index >= 15 is 0 Å². The van der Waals surface area contributed by atoms with E-state index in [-0.39, 0.29) is 35.9 Å². The van der Waals surface area contributed by atoms with E-state index in [9.17, 15) is 18.0 Å². The van der Waals surface area contributed by atoms with Gasteiger partial charge < -0.3 is 9.30 Å². The molecule has 2 aromatic rings. The molecule has 2 heterocycles. The third kappa shape index (κ3) is 3.64. The summed E-state index contributed by atoms with van der Waals surface area (Å²) in [6.45, 7) is 3.38. The van der Waals surface area contributed by atoms with E-state index in [2.05, 4.69) is 0 Å². The summed E-state index contributed by atoms with van der Waals surface area (Å²) in [5.41, 5.74) is 2.38. The van der Waals surface area contributed by atoms with Gasteiger partial charge in [-0.3, -0.25) is 9.59 Å². The Balaban J connectivity index is 1.46. The molecule has 1 atom stereocenters. The topological polar surface area (TPSA) is 82.4 Å². The van der Waals surface area contributed by atoms with Gasteiger partial charge in [0.15, 0.2) is 16.4 Å². The molecule has 0 radical (unpaired) electrons. The number of hydrogen-bond acceptors (Lipinski definition) is 5. The Bertz CT molecular complexity index is 1060. The van der Waals surface area contributed by atoms with Crippen LogP contribution < -0.4 is 0 Å². The fourth-order valence-corrected chi connectivity index (χ4v) is 6.14. The molecule has 1 saturated carbocycles. The average molecular weight is 416 g/mol. The largest absolute Gasteiger partial charge is 0.457 e. The first-order valence-corrected chi connectivity index (χ1v) is 11.7. The number of aryl methyl sites for hydroxylation is 1. The zero-order valence-electron chi connectivity index (χ0n) is 16.7. The summed E-state index contributed by atoms with van der Waals surface area (Å²) in [5, 5.41) is 0. The second kappa shape index (κ2) is 7.13. The molecule has 0 spiro atoms. The number of aromatic nitrogens is 1. The minimum absolute atomic E-state index is 0.103. The zero-order valence-corrected chi connectivity index (χ0v) is 17.5. The van der Waals surface area contributed by atoms with Crippen LogP contribution in [0.4, 0.5) is 0 Å². The highest BCUT2D eigenvalue weighted by atomic mass is 32.2. The van der Waals surface area contributed by atoms with Crippen molar-refractivity contribution in [1.82, 2.24) is 4.57 Å². The van der Waals surface area contributed by atoms with Gasteiger partial charge in [-0.2, -0.15) is 0 Å². The van der Waals surface area contributed by atoms with E-state index in [0.717, 1.165) is 29.8 Å². The molecule has 2 fully saturated rings. The monoisotopic (exact) mass is 415 g/mol. The summed E-state index contributed by atoms with van der Waals surface area (Å²) < 4.78 is 31.0. The van der Waals surface area contributed by atoms with Crippen molar-refractivity contribution in [1.29, 1.82) is 0 Å². The van der Waals surface area contributed by atoms with Crippen molar-refractivity contribution in [3.63, 3.8) is 0 Å². The maximum Gasteiger partial charge on any atom is 0.317 e. The molecule has 29 heavy (non-hydrogen) atoms. The van der Waals surface area contributed by atoms with Crippen molar-refractivity contribution >= 4 is 21.6 Å². The fraction of sp³-hybridized carbons (Fsp3) is 0.455. The van der Waals surface area contributed by atoms with Crippen LogP contribution in [-0.2, 0) is 24.8 Å². The van der Waals surface area contributed by atoms with Gasteiger partial charge in [-0.1, -0.05) is 30.3 Å². The number of carbonyl (C=O) groups is 2. The lowest BCUT2D eigenvalue weighted by Crippen LogP contribution is -2.26. The molecule has 1 aliphatic heterocycles. The molecule has 154 valence electrons. The third-order valence-electron chi connectivity index (χ3n) is 6.16. The van der Waals surface area contributed by atoms with Crippen LogP contribution in [0.25, 0.3) is 0 Å². The number of rotatable bonds is 6. The Labute approximate surface area is 170 Å². The summed E-state index contributed by atoms with van der Waals surface area (Å²) in [5.74, 6) is -0.335. The molecule has 7 heteroatoms. The third-order valence-corrected chi connectivity index (χ3v) is 7.91. The van der Waals surface area contributed by atoms with Gasteiger partial charge in [0, 0.05) is 23.0 Å². The van der Waals surface area contributed by atoms with Gasteiger partial charge in [0.2, 0.25) is 5.78 Å². The molecule has 1 aromatic carbocycles. The number of sulfone groups is 1. The Hall–Kier alpha value is -2.41. The molecule has 2 aliphatic rings. The van der Waals surface area contributed by atoms with Gasteiger partial charge in [0.1, 0.15) is 0 Å². The summed E-state index contributed by atoms with van der Waals surface area (Å²) in [4.78, 5) is 25.4. The second-order valence-electron chi connectivity index (χ2n) is 8.16. The molecule has 1 aromatic heterocycles. The predicted molar refractivity (Wildman–Crippen MR) is 109 cm³/mol. The summed E-state index contributed by atoms with van der Waals surface area (Å²) in [6, 6.07) is 11.1. The summed E-state index contributed by atoms with van der Waals surface area (Å²) in [7, 11) is -3.02. The number of nitrogens with zero attached hydrogens (tertiary/aromatic N) is 1.